The summed E-state index contributed by atoms with van der Waals surface area (Å²) < 4.78 is 23.2. The van der Waals surface area contributed by atoms with Crippen LogP contribution in [-0.2, 0) is 10.8 Å². The molecule has 2 aromatic carbocycles. The van der Waals surface area contributed by atoms with E-state index in [0.717, 1.165) is 11.3 Å². The second kappa shape index (κ2) is 5.17. The number of hydrogen-bond donors (Lipinski definition) is 1. The number of phenols is 1. The molecule has 0 amide bonds. The minimum Gasteiger partial charge on any atom is -0.508 e. The predicted molar refractivity (Wildman–Crippen MR) is 75.7 cm³/mol. The molecule has 5 heteroatoms. The number of fused-ring (bicyclic) bond motifs is 1. The molecule has 0 spiro atoms. The molecular weight excluding hydrogens is 276 g/mol. The van der Waals surface area contributed by atoms with Crippen LogP contribution in [0.4, 0.5) is 0 Å². The van der Waals surface area contributed by atoms with Crippen LogP contribution in [0.25, 0.3) is 0 Å². The van der Waals surface area contributed by atoms with Crippen LogP contribution in [-0.4, -0.2) is 22.2 Å². The Morgan fingerprint density at radius 1 is 1.25 bits per heavy atom. The van der Waals surface area contributed by atoms with Gasteiger partial charge in [0.2, 0.25) is 0 Å². The Morgan fingerprint density at radius 2 is 2.00 bits per heavy atom. The summed E-state index contributed by atoms with van der Waals surface area (Å²) >= 11 is 0. The smallest absolute Gasteiger partial charge is 0.140 e. The van der Waals surface area contributed by atoms with Gasteiger partial charge >= 0.3 is 0 Å². The van der Waals surface area contributed by atoms with Crippen molar-refractivity contribution in [3.8, 4) is 17.2 Å². The highest BCUT2D eigenvalue weighted by molar-refractivity contribution is 7.85. The molecule has 0 aromatic heterocycles. The maximum absolute atomic E-state index is 12.2. The lowest BCUT2D eigenvalue weighted by atomic mass is 10.1. The lowest BCUT2D eigenvalue weighted by Gasteiger charge is -2.26. The summed E-state index contributed by atoms with van der Waals surface area (Å²) in [5, 5.41) is 9.50. The van der Waals surface area contributed by atoms with Crippen molar-refractivity contribution < 1.29 is 18.8 Å². The molecule has 3 rings (SSSR count). The Kier molecular flexibility index (Phi) is 3.36. The van der Waals surface area contributed by atoms with Crippen LogP contribution in [0.2, 0.25) is 0 Å². The van der Waals surface area contributed by atoms with Crippen LogP contribution in [0.15, 0.2) is 47.4 Å². The monoisotopic (exact) mass is 290 g/mol. The van der Waals surface area contributed by atoms with Gasteiger partial charge in [0.25, 0.3) is 0 Å². The van der Waals surface area contributed by atoms with Crippen molar-refractivity contribution >= 4 is 10.8 Å². The third kappa shape index (κ3) is 2.36. The fourth-order valence-electron chi connectivity index (χ4n) is 2.17. The first-order chi connectivity index (χ1) is 9.67. The highest BCUT2D eigenvalue weighted by Crippen LogP contribution is 2.36. The van der Waals surface area contributed by atoms with Gasteiger partial charge in [-0.3, -0.25) is 4.21 Å². The summed E-state index contributed by atoms with van der Waals surface area (Å²) in [6.07, 6.45) is -0.281. The lowest BCUT2D eigenvalue weighted by molar-refractivity contribution is 0.217. The van der Waals surface area contributed by atoms with Crippen LogP contribution in [0.1, 0.15) is 11.7 Å². The molecule has 4 nitrogen and oxygen atoms in total. The summed E-state index contributed by atoms with van der Waals surface area (Å²) in [7, 11) is 0.483. The fraction of sp³-hybridized carbons (Fsp3) is 0.200. The summed E-state index contributed by atoms with van der Waals surface area (Å²) in [4.78, 5) is 0.632. The molecule has 0 bridgehead atoms. The Hall–Kier alpha value is -2.01. The van der Waals surface area contributed by atoms with E-state index in [-0.39, 0.29) is 11.9 Å². The second-order valence-electron chi connectivity index (χ2n) is 4.52. The summed E-state index contributed by atoms with van der Waals surface area (Å²) in [5.41, 5.74) is 0.938. The molecule has 2 atom stereocenters. The number of aromatic hydroxyl groups is 1. The van der Waals surface area contributed by atoms with Crippen molar-refractivity contribution in [1.29, 1.82) is 0 Å². The molecule has 1 N–H and O–H groups in total. The van der Waals surface area contributed by atoms with Gasteiger partial charge in [-0.15, -0.1) is 0 Å². The third-order valence-corrected chi connectivity index (χ3v) is 4.67. The Bertz CT molecular complexity index is 651. The van der Waals surface area contributed by atoms with E-state index in [1.165, 1.54) is 12.1 Å². The standard InChI is InChI=1S/C15H14O4S/c1-18-12-5-2-10(3-6-12)14-9-20(17)15-7-4-11(16)8-13(15)19-14/h2-8,14,16H,9H2,1H3/t14-,20?/m0/s1. The van der Waals surface area contributed by atoms with Gasteiger partial charge in [0, 0.05) is 6.07 Å². The second-order valence-corrected chi connectivity index (χ2v) is 5.99. The van der Waals surface area contributed by atoms with Gasteiger partial charge in [-0.1, -0.05) is 12.1 Å². The molecule has 0 saturated carbocycles. The Labute approximate surface area is 119 Å². The van der Waals surface area contributed by atoms with Gasteiger partial charge in [-0.05, 0) is 29.8 Å². The first kappa shape index (κ1) is 13.0. The van der Waals surface area contributed by atoms with Crippen LogP contribution >= 0.6 is 0 Å². The Balaban J connectivity index is 1.91. The van der Waals surface area contributed by atoms with Crippen LogP contribution in [0, 0.1) is 0 Å². The highest BCUT2D eigenvalue weighted by atomic mass is 32.2. The quantitative estimate of drug-likeness (QED) is 0.924. The minimum atomic E-state index is -1.13. The fourth-order valence-corrected chi connectivity index (χ4v) is 3.44. The van der Waals surface area contributed by atoms with Crippen molar-refractivity contribution in [3.63, 3.8) is 0 Å². The van der Waals surface area contributed by atoms with Crippen molar-refractivity contribution in [2.75, 3.05) is 12.9 Å². The van der Waals surface area contributed by atoms with Crippen molar-refractivity contribution in [3.05, 3.63) is 48.0 Å². The average molecular weight is 290 g/mol. The predicted octanol–water partition coefficient (Wildman–Crippen LogP) is 2.64. The first-order valence-electron chi connectivity index (χ1n) is 6.19. The Morgan fingerprint density at radius 3 is 2.70 bits per heavy atom. The molecule has 104 valence electrons. The number of benzene rings is 2. The number of rotatable bonds is 2. The van der Waals surface area contributed by atoms with E-state index in [2.05, 4.69) is 0 Å². The first-order valence-corrected chi connectivity index (χ1v) is 7.51. The van der Waals surface area contributed by atoms with Gasteiger partial charge in [0.05, 0.1) is 28.6 Å². The van der Waals surface area contributed by atoms with E-state index in [0.29, 0.717) is 16.4 Å². The maximum Gasteiger partial charge on any atom is 0.140 e. The van der Waals surface area contributed by atoms with Gasteiger partial charge in [0.15, 0.2) is 0 Å². The van der Waals surface area contributed by atoms with E-state index >= 15 is 0 Å². The van der Waals surface area contributed by atoms with Crippen LogP contribution < -0.4 is 9.47 Å². The SMILES string of the molecule is COc1ccc([C@@H]2CS(=O)c3ccc(O)cc3O2)cc1. The van der Waals surface area contributed by atoms with Gasteiger partial charge in [-0.25, -0.2) is 0 Å². The molecule has 2 aromatic rings. The van der Waals surface area contributed by atoms with Crippen LogP contribution in [0.3, 0.4) is 0 Å². The molecule has 0 radical (unpaired) electrons. The maximum atomic E-state index is 12.2. The zero-order valence-electron chi connectivity index (χ0n) is 10.9. The largest absolute Gasteiger partial charge is 0.508 e. The zero-order chi connectivity index (χ0) is 14.1. The van der Waals surface area contributed by atoms with Gasteiger partial charge in [-0.2, -0.15) is 0 Å². The summed E-state index contributed by atoms with van der Waals surface area (Å²) in [5.74, 6) is 1.76. The van der Waals surface area contributed by atoms with Gasteiger partial charge in [0.1, 0.15) is 23.4 Å². The van der Waals surface area contributed by atoms with E-state index in [4.69, 9.17) is 9.47 Å². The average Bonchev–Trinajstić information content (AvgIpc) is 2.46. The van der Waals surface area contributed by atoms with E-state index in [9.17, 15) is 9.32 Å². The molecule has 0 fully saturated rings. The molecule has 1 aliphatic heterocycles. The number of ether oxygens (including phenoxy) is 2. The molecule has 1 unspecified atom stereocenters. The van der Waals surface area contributed by atoms with Crippen molar-refractivity contribution in [2.45, 2.75) is 11.0 Å². The van der Waals surface area contributed by atoms with Gasteiger partial charge < -0.3 is 14.6 Å². The summed E-state index contributed by atoms with van der Waals surface area (Å²) in [6.45, 7) is 0. The molecule has 1 heterocycles. The molecule has 0 saturated heterocycles. The van der Waals surface area contributed by atoms with E-state index in [1.54, 1.807) is 13.2 Å². The topological polar surface area (TPSA) is 55.8 Å². The lowest BCUT2D eigenvalue weighted by Crippen LogP contribution is -2.21. The number of methoxy groups -OCH3 is 1. The van der Waals surface area contributed by atoms with Crippen LogP contribution in [0.5, 0.6) is 17.2 Å². The van der Waals surface area contributed by atoms with E-state index in [1.807, 2.05) is 24.3 Å². The van der Waals surface area contributed by atoms with E-state index < -0.39 is 10.8 Å². The number of phenolic OH excluding ortho intramolecular Hbond substituents is 1. The van der Waals surface area contributed by atoms with Crippen molar-refractivity contribution in [1.82, 2.24) is 0 Å². The highest BCUT2D eigenvalue weighted by Gasteiger charge is 2.27. The third-order valence-electron chi connectivity index (χ3n) is 3.23. The molecule has 0 aliphatic carbocycles. The molecule has 1 aliphatic rings. The molecular formula is C15H14O4S. The van der Waals surface area contributed by atoms with Crippen molar-refractivity contribution in [2.24, 2.45) is 0 Å². The summed E-state index contributed by atoms with van der Waals surface area (Å²) in [6, 6.07) is 12.2. The zero-order valence-corrected chi connectivity index (χ0v) is 11.7. The number of hydrogen-bond acceptors (Lipinski definition) is 4. The normalized spacial score (nSPS) is 20.9. The minimum absolute atomic E-state index is 0.108. The molecule has 20 heavy (non-hydrogen) atoms.